The van der Waals surface area contributed by atoms with Gasteiger partial charge in [0, 0.05) is 19.1 Å². The van der Waals surface area contributed by atoms with E-state index in [1.807, 2.05) is 0 Å². The Morgan fingerprint density at radius 2 is 1.89 bits per heavy atom. The van der Waals surface area contributed by atoms with Crippen molar-refractivity contribution in [3.63, 3.8) is 0 Å². The lowest BCUT2D eigenvalue weighted by Gasteiger charge is -2.47. The van der Waals surface area contributed by atoms with E-state index in [1.54, 1.807) is 0 Å². The van der Waals surface area contributed by atoms with Crippen LogP contribution in [0.25, 0.3) is 0 Å². The molecule has 0 aromatic rings. The fourth-order valence-corrected chi connectivity index (χ4v) is 3.31. The predicted molar refractivity (Wildman–Crippen MR) is 82.1 cm³/mol. The van der Waals surface area contributed by atoms with E-state index in [0.29, 0.717) is 11.5 Å². The number of likely N-dealkylation sites (N-methyl/N-ethyl adjacent to an activating group) is 1. The first-order chi connectivity index (χ1) is 8.99. The Morgan fingerprint density at radius 1 is 1.26 bits per heavy atom. The summed E-state index contributed by atoms with van der Waals surface area (Å²) in [6, 6.07) is 0.428. The van der Waals surface area contributed by atoms with Gasteiger partial charge in [-0.2, -0.15) is 0 Å². The highest BCUT2D eigenvalue weighted by molar-refractivity contribution is 4.99. The van der Waals surface area contributed by atoms with Crippen LogP contribution in [0, 0.1) is 17.8 Å². The average molecular weight is 265 g/mol. The van der Waals surface area contributed by atoms with Crippen LogP contribution < -0.4 is 5.32 Å². The molecule has 1 N–H and O–H groups in total. The molecule has 1 fully saturated rings. The zero-order valence-electron chi connectivity index (χ0n) is 13.2. The van der Waals surface area contributed by atoms with Crippen molar-refractivity contribution < 1.29 is 4.74 Å². The third kappa shape index (κ3) is 4.51. The Hall–Kier alpha value is -0.520. The van der Waals surface area contributed by atoms with Crippen LogP contribution in [0.1, 0.15) is 65.7 Å². The molecule has 0 radical (unpaired) electrons. The molecule has 0 spiro atoms. The van der Waals surface area contributed by atoms with Crippen LogP contribution in [0.15, 0.2) is 0 Å². The highest BCUT2D eigenvalue weighted by atomic mass is 16.5. The Labute approximate surface area is 119 Å². The minimum atomic E-state index is 0.0214. The van der Waals surface area contributed by atoms with E-state index in [2.05, 4.69) is 39.1 Å². The summed E-state index contributed by atoms with van der Waals surface area (Å²) < 4.78 is 6.23. The van der Waals surface area contributed by atoms with Gasteiger partial charge < -0.3 is 10.1 Å². The highest BCUT2D eigenvalue weighted by Gasteiger charge is 2.43. The molecule has 19 heavy (non-hydrogen) atoms. The lowest BCUT2D eigenvalue weighted by atomic mass is 9.67. The van der Waals surface area contributed by atoms with E-state index in [0.717, 1.165) is 38.7 Å². The molecule has 0 aromatic heterocycles. The maximum atomic E-state index is 6.23. The van der Waals surface area contributed by atoms with Crippen molar-refractivity contribution in [2.45, 2.75) is 77.4 Å². The van der Waals surface area contributed by atoms with E-state index < -0.39 is 0 Å². The standard InChI is InChI=1S/C17H31NO/c1-6-8-9-10-15(18-5)17(19-7-2)13-11-16(3,4)12-14-17/h1,15,18H,7-14H2,2-5H3. The molecule has 1 aliphatic carbocycles. The van der Waals surface area contributed by atoms with Gasteiger partial charge in [-0.1, -0.05) is 13.8 Å². The topological polar surface area (TPSA) is 21.3 Å². The van der Waals surface area contributed by atoms with Crippen molar-refractivity contribution in [2.24, 2.45) is 5.41 Å². The molecule has 2 nitrogen and oxygen atoms in total. The molecule has 0 saturated heterocycles. The molecular formula is C17H31NO. The first-order valence-corrected chi connectivity index (χ1v) is 7.74. The third-order valence-electron chi connectivity index (χ3n) is 4.68. The quantitative estimate of drug-likeness (QED) is 0.559. The minimum Gasteiger partial charge on any atom is -0.374 e. The van der Waals surface area contributed by atoms with Crippen molar-refractivity contribution in [1.29, 1.82) is 0 Å². The lowest BCUT2D eigenvalue weighted by molar-refractivity contribution is -0.106. The Bertz CT molecular complexity index is 293. The van der Waals surface area contributed by atoms with Gasteiger partial charge >= 0.3 is 0 Å². The lowest BCUT2D eigenvalue weighted by Crippen LogP contribution is -2.54. The van der Waals surface area contributed by atoms with Crippen LogP contribution in [0.4, 0.5) is 0 Å². The smallest absolute Gasteiger partial charge is 0.0834 e. The van der Waals surface area contributed by atoms with Crippen molar-refractivity contribution in [2.75, 3.05) is 13.7 Å². The molecule has 1 unspecified atom stereocenters. The largest absolute Gasteiger partial charge is 0.374 e. The number of hydrogen-bond acceptors (Lipinski definition) is 2. The predicted octanol–water partition coefficient (Wildman–Crippen LogP) is 3.75. The van der Waals surface area contributed by atoms with Crippen molar-refractivity contribution in [3.05, 3.63) is 0 Å². The van der Waals surface area contributed by atoms with Crippen LogP contribution in [0.3, 0.4) is 0 Å². The van der Waals surface area contributed by atoms with Gasteiger partial charge in [0.1, 0.15) is 0 Å². The zero-order valence-corrected chi connectivity index (χ0v) is 13.2. The average Bonchev–Trinajstić information content (AvgIpc) is 2.38. The van der Waals surface area contributed by atoms with E-state index >= 15 is 0 Å². The number of nitrogens with one attached hydrogen (secondary N) is 1. The molecule has 0 amide bonds. The SMILES string of the molecule is C#CCCCC(NC)C1(OCC)CCC(C)(C)CC1. The van der Waals surface area contributed by atoms with Gasteiger partial charge in [0.15, 0.2) is 0 Å². The molecule has 1 atom stereocenters. The van der Waals surface area contributed by atoms with Gasteiger partial charge in [-0.3, -0.25) is 0 Å². The van der Waals surface area contributed by atoms with Crippen molar-refractivity contribution in [3.8, 4) is 12.3 Å². The molecule has 110 valence electrons. The minimum absolute atomic E-state index is 0.0214. The molecule has 0 aromatic carbocycles. The number of rotatable bonds is 7. The highest BCUT2D eigenvalue weighted by Crippen LogP contribution is 2.44. The van der Waals surface area contributed by atoms with Crippen LogP contribution in [0.2, 0.25) is 0 Å². The zero-order chi connectivity index (χ0) is 14.4. The molecule has 1 rings (SSSR count). The summed E-state index contributed by atoms with van der Waals surface area (Å²) in [7, 11) is 2.06. The maximum Gasteiger partial charge on any atom is 0.0834 e. The first-order valence-electron chi connectivity index (χ1n) is 7.74. The van der Waals surface area contributed by atoms with Gasteiger partial charge in [0.25, 0.3) is 0 Å². The molecule has 0 aliphatic heterocycles. The second-order valence-electron chi connectivity index (χ2n) is 6.60. The fourth-order valence-electron chi connectivity index (χ4n) is 3.31. The van der Waals surface area contributed by atoms with Crippen LogP contribution in [0.5, 0.6) is 0 Å². The summed E-state index contributed by atoms with van der Waals surface area (Å²) >= 11 is 0. The van der Waals surface area contributed by atoms with Crippen LogP contribution in [-0.4, -0.2) is 25.3 Å². The molecule has 0 bridgehead atoms. The van der Waals surface area contributed by atoms with E-state index in [4.69, 9.17) is 11.2 Å². The molecule has 2 heteroatoms. The van der Waals surface area contributed by atoms with Crippen LogP contribution >= 0.6 is 0 Å². The Balaban J connectivity index is 2.71. The molecule has 0 heterocycles. The van der Waals surface area contributed by atoms with E-state index in [-0.39, 0.29) is 5.60 Å². The molecular weight excluding hydrogens is 234 g/mol. The van der Waals surface area contributed by atoms with E-state index in [1.165, 1.54) is 12.8 Å². The van der Waals surface area contributed by atoms with Gasteiger partial charge in [0.2, 0.25) is 0 Å². The summed E-state index contributed by atoms with van der Waals surface area (Å²) in [6.07, 6.45) is 13.2. The van der Waals surface area contributed by atoms with Crippen LogP contribution in [-0.2, 0) is 4.74 Å². The summed E-state index contributed by atoms with van der Waals surface area (Å²) in [5, 5.41) is 3.49. The number of unbranched alkanes of at least 4 members (excludes halogenated alkanes) is 1. The first kappa shape index (κ1) is 16.5. The molecule has 1 aliphatic rings. The molecule has 1 saturated carbocycles. The van der Waals surface area contributed by atoms with Gasteiger partial charge in [0.05, 0.1) is 5.60 Å². The van der Waals surface area contributed by atoms with Crippen molar-refractivity contribution in [1.82, 2.24) is 5.32 Å². The fraction of sp³-hybridized carbons (Fsp3) is 0.882. The number of ether oxygens (including phenoxy) is 1. The van der Waals surface area contributed by atoms with E-state index in [9.17, 15) is 0 Å². The normalized spacial score (nSPS) is 22.7. The summed E-state index contributed by atoms with van der Waals surface area (Å²) in [6.45, 7) is 7.65. The second kappa shape index (κ2) is 7.31. The van der Waals surface area contributed by atoms with Gasteiger partial charge in [-0.05, 0) is 57.9 Å². The van der Waals surface area contributed by atoms with Gasteiger partial charge in [-0.25, -0.2) is 0 Å². The van der Waals surface area contributed by atoms with Gasteiger partial charge in [-0.15, -0.1) is 12.3 Å². The maximum absolute atomic E-state index is 6.23. The Morgan fingerprint density at radius 3 is 2.37 bits per heavy atom. The number of hydrogen-bond donors (Lipinski definition) is 1. The second-order valence-corrected chi connectivity index (χ2v) is 6.60. The summed E-state index contributed by atoms with van der Waals surface area (Å²) in [4.78, 5) is 0. The monoisotopic (exact) mass is 265 g/mol. The summed E-state index contributed by atoms with van der Waals surface area (Å²) in [5.74, 6) is 2.74. The third-order valence-corrected chi connectivity index (χ3v) is 4.68. The summed E-state index contributed by atoms with van der Waals surface area (Å²) in [5.41, 5.74) is 0.491. The Kier molecular flexibility index (Phi) is 6.36. The van der Waals surface area contributed by atoms with Crippen molar-refractivity contribution >= 4 is 0 Å². The number of terminal acetylenes is 1.